The minimum Gasteiger partial charge on any atom is -0.444 e. The molecule has 0 spiro atoms. The van der Waals surface area contributed by atoms with E-state index in [0.29, 0.717) is 5.82 Å². The largest absolute Gasteiger partial charge is 0.444 e. The molecule has 0 atom stereocenters. The Morgan fingerprint density at radius 2 is 1.76 bits per heavy atom. The number of unbranched alkanes of at least 4 members (excludes halogenated alkanes) is 2. The summed E-state index contributed by atoms with van der Waals surface area (Å²) in [6, 6.07) is 17.6. The van der Waals surface area contributed by atoms with Crippen molar-refractivity contribution in [2.45, 2.75) is 69.8 Å². The summed E-state index contributed by atoms with van der Waals surface area (Å²) in [6.07, 6.45) is 4.59. The molecule has 2 aromatic carbocycles. The van der Waals surface area contributed by atoms with Crippen LogP contribution in [0.2, 0.25) is 0 Å². The number of rotatable bonds is 11. The predicted octanol–water partition coefficient (Wildman–Crippen LogP) is 6.95. The second-order valence-electron chi connectivity index (χ2n) is 8.73. The molecule has 0 saturated heterocycles. The molecule has 0 fully saturated rings. The Hall–Kier alpha value is -3.06. The Balaban J connectivity index is 1.73. The number of amides is 1. The number of nitrogens with one attached hydrogen (secondary N) is 1. The number of hydrogen-bond donors (Lipinski definition) is 1. The maximum atomic E-state index is 12.3. The van der Waals surface area contributed by atoms with Crippen molar-refractivity contribution in [3.8, 4) is 11.4 Å². The number of nitrogens with zero attached hydrogens (tertiary/aromatic N) is 2. The van der Waals surface area contributed by atoms with Gasteiger partial charge in [0, 0.05) is 23.2 Å². The fourth-order valence-electron chi connectivity index (χ4n) is 3.31. The normalized spacial score (nSPS) is 11.3. The summed E-state index contributed by atoms with van der Waals surface area (Å²) < 4.78 is 6.94. The number of carbonyl (C=O) groups is 2. The fourth-order valence-corrected chi connectivity index (χ4v) is 4.32. The maximum absolute atomic E-state index is 12.3. The molecular weight excluding hydrogens is 446 g/mol. The molecule has 0 saturated carbocycles. The summed E-state index contributed by atoms with van der Waals surface area (Å²) in [5.74, 6) is 1.39. The monoisotopic (exact) mass is 479 g/mol. The van der Waals surface area contributed by atoms with Crippen molar-refractivity contribution in [3.63, 3.8) is 0 Å². The van der Waals surface area contributed by atoms with E-state index in [-0.39, 0.29) is 12.4 Å². The van der Waals surface area contributed by atoms with Gasteiger partial charge in [0.15, 0.2) is 5.82 Å². The number of ether oxygens (including phenoxy) is 1. The lowest BCUT2D eigenvalue weighted by Crippen LogP contribution is -2.24. The number of imidazole rings is 1. The summed E-state index contributed by atoms with van der Waals surface area (Å²) >= 11 is 1.55. The standard InChI is InChI=1S/C27H33N3O3S/c1-5-6-10-17-30-18-24(29-26(32)33-19-21-11-8-7-9-12-21)28-25(30)22-13-15-23(16-14-22)34-27(3,4)20(2)31/h7-9,11-16,18H,5-6,10,17,19H2,1-4H3,(H,29,32). The summed E-state index contributed by atoms with van der Waals surface area (Å²) in [5.41, 5.74) is 1.88. The van der Waals surface area contributed by atoms with Gasteiger partial charge in [0.1, 0.15) is 18.2 Å². The van der Waals surface area contributed by atoms with Crippen LogP contribution in [0.15, 0.2) is 65.7 Å². The predicted molar refractivity (Wildman–Crippen MR) is 138 cm³/mol. The Labute approximate surface area is 206 Å². The molecule has 34 heavy (non-hydrogen) atoms. The lowest BCUT2D eigenvalue weighted by Gasteiger charge is -2.20. The molecule has 3 aromatic rings. The molecule has 3 rings (SSSR count). The average molecular weight is 480 g/mol. The van der Waals surface area contributed by atoms with E-state index in [4.69, 9.17) is 4.74 Å². The van der Waals surface area contributed by atoms with Gasteiger partial charge in [-0.15, -0.1) is 11.8 Å². The summed E-state index contributed by atoms with van der Waals surface area (Å²) in [7, 11) is 0. The third kappa shape index (κ3) is 7.22. The van der Waals surface area contributed by atoms with Gasteiger partial charge in [0.25, 0.3) is 0 Å². The van der Waals surface area contributed by atoms with Crippen LogP contribution in [0.3, 0.4) is 0 Å². The second kappa shape index (κ2) is 11.9. The minimum atomic E-state index is -0.535. The molecule has 1 heterocycles. The molecule has 180 valence electrons. The van der Waals surface area contributed by atoms with E-state index in [0.717, 1.165) is 47.7 Å². The third-order valence-electron chi connectivity index (χ3n) is 5.56. The number of carbonyl (C=O) groups excluding carboxylic acids is 2. The van der Waals surface area contributed by atoms with E-state index < -0.39 is 10.8 Å². The lowest BCUT2D eigenvalue weighted by atomic mass is 10.1. The smallest absolute Gasteiger partial charge is 0.413 e. The molecule has 0 aliphatic heterocycles. The summed E-state index contributed by atoms with van der Waals surface area (Å²) in [5, 5.41) is 2.75. The minimum absolute atomic E-state index is 0.142. The van der Waals surface area contributed by atoms with Crippen molar-refractivity contribution in [2.75, 3.05) is 5.32 Å². The summed E-state index contributed by atoms with van der Waals surface area (Å²) in [4.78, 5) is 29.9. The highest BCUT2D eigenvalue weighted by Crippen LogP contribution is 2.34. The number of aromatic nitrogens is 2. The quantitative estimate of drug-likeness (QED) is 0.238. The Morgan fingerprint density at radius 3 is 2.41 bits per heavy atom. The number of thioether (sulfide) groups is 1. The van der Waals surface area contributed by atoms with Crippen molar-refractivity contribution in [1.29, 1.82) is 0 Å². The maximum Gasteiger partial charge on any atom is 0.413 e. The average Bonchev–Trinajstić information content (AvgIpc) is 3.21. The highest BCUT2D eigenvalue weighted by molar-refractivity contribution is 8.01. The van der Waals surface area contributed by atoms with Crippen LogP contribution in [0.25, 0.3) is 11.4 Å². The van der Waals surface area contributed by atoms with Gasteiger partial charge in [-0.25, -0.2) is 9.78 Å². The van der Waals surface area contributed by atoms with Crippen molar-refractivity contribution < 1.29 is 14.3 Å². The number of ketones is 1. The van der Waals surface area contributed by atoms with Crippen molar-refractivity contribution in [1.82, 2.24) is 9.55 Å². The van der Waals surface area contributed by atoms with Crippen molar-refractivity contribution in [3.05, 3.63) is 66.4 Å². The number of anilines is 1. The van der Waals surface area contributed by atoms with Crippen LogP contribution in [-0.4, -0.2) is 26.2 Å². The van der Waals surface area contributed by atoms with Crippen LogP contribution >= 0.6 is 11.8 Å². The van der Waals surface area contributed by atoms with Crippen LogP contribution in [0.4, 0.5) is 10.6 Å². The van der Waals surface area contributed by atoms with Crippen molar-refractivity contribution in [2.24, 2.45) is 0 Å². The molecule has 0 radical (unpaired) electrons. The van der Waals surface area contributed by atoms with Crippen LogP contribution in [0, 0.1) is 0 Å². The molecule has 6 nitrogen and oxygen atoms in total. The highest BCUT2D eigenvalue weighted by atomic mass is 32.2. The first-order valence-electron chi connectivity index (χ1n) is 11.6. The molecule has 0 aliphatic carbocycles. The second-order valence-corrected chi connectivity index (χ2v) is 10.4. The highest BCUT2D eigenvalue weighted by Gasteiger charge is 2.25. The molecule has 0 unspecified atom stereocenters. The van der Waals surface area contributed by atoms with E-state index in [1.165, 1.54) is 0 Å². The first-order chi connectivity index (χ1) is 16.3. The SMILES string of the molecule is CCCCCn1cc(NC(=O)OCc2ccccc2)nc1-c1ccc(SC(C)(C)C(C)=O)cc1. The molecule has 7 heteroatoms. The first kappa shape index (κ1) is 25.6. The van der Waals surface area contributed by atoms with Crippen LogP contribution in [0.1, 0.15) is 52.5 Å². The fraction of sp³-hybridized carbons (Fsp3) is 0.370. The van der Waals surface area contributed by atoms with Gasteiger partial charge in [0.05, 0.1) is 4.75 Å². The first-order valence-corrected chi connectivity index (χ1v) is 12.5. The van der Waals surface area contributed by atoms with Crippen molar-refractivity contribution >= 4 is 29.5 Å². The van der Waals surface area contributed by atoms with Gasteiger partial charge < -0.3 is 9.30 Å². The van der Waals surface area contributed by atoms with Gasteiger partial charge >= 0.3 is 6.09 Å². The summed E-state index contributed by atoms with van der Waals surface area (Å²) in [6.45, 7) is 8.67. The van der Waals surface area contributed by atoms with Crippen LogP contribution in [-0.2, 0) is 22.7 Å². The number of aryl methyl sites for hydroxylation is 1. The Bertz CT molecular complexity index is 1090. The molecule has 1 N–H and O–H groups in total. The van der Waals surface area contributed by atoms with E-state index in [2.05, 4.69) is 21.8 Å². The Morgan fingerprint density at radius 1 is 1.06 bits per heavy atom. The van der Waals surface area contributed by atoms with E-state index >= 15 is 0 Å². The van der Waals surface area contributed by atoms with E-state index in [1.54, 1.807) is 18.7 Å². The van der Waals surface area contributed by atoms with Gasteiger partial charge in [-0.1, -0.05) is 62.2 Å². The van der Waals surface area contributed by atoms with Gasteiger partial charge in [-0.2, -0.15) is 0 Å². The van der Waals surface area contributed by atoms with E-state index in [9.17, 15) is 9.59 Å². The zero-order valence-electron chi connectivity index (χ0n) is 20.3. The zero-order chi connectivity index (χ0) is 24.6. The van der Waals surface area contributed by atoms with Gasteiger partial charge in [-0.05, 0) is 44.9 Å². The number of Topliss-reactive ketones (excluding diaryl/α,β-unsaturated/α-hetero) is 1. The van der Waals surface area contributed by atoms with Crippen LogP contribution < -0.4 is 5.32 Å². The van der Waals surface area contributed by atoms with Gasteiger partial charge in [-0.3, -0.25) is 10.1 Å². The topological polar surface area (TPSA) is 73.2 Å². The van der Waals surface area contributed by atoms with Gasteiger partial charge in [0.2, 0.25) is 0 Å². The van der Waals surface area contributed by atoms with Crippen LogP contribution in [0.5, 0.6) is 0 Å². The number of benzene rings is 2. The zero-order valence-corrected chi connectivity index (χ0v) is 21.2. The molecule has 0 aliphatic rings. The number of hydrogen-bond acceptors (Lipinski definition) is 5. The van der Waals surface area contributed by atoms with E-state index in [1.807, 2.05) is 74.6 Å². The Kier molecular flexibility index (Phi) is 8.93. The third-order valence-corrected chi connectivity index (χ3v) is 6.86. The lowest BCUT2D eigenvalue weighted by molar-refractivity contribution is -0.118. The molecule has 1 amide bonds. The molecular formula is C27H33N3O3S. The molecule has 0 bridgehead atoms. The molecule has 1 aromatic heterocycles.